The van der Waals surface area contributed by atoms with Crippen LogP contribution in [0.25, 0.3) is 5.57 Å². The van der Waals surface area contributed by atoms with Gasteiger partial charge in [-0.05, 0) is 76.1 Å². The fourth-order valence-electron chi connectivity index (χ4n) is 4.63. The van der Waals surface area contributed by atoms with Crippen LogP contribution < -0.4 is 10.2 Å². The van der Waals surface area contributed by atoms with Crippen molar-refractivity contribution in [2.24, 2.45) is 5.92 Å². The van der Waals surface area contributed by atoms with Crippen LogP contribution in [0.2, 0.25) is 0 Å². The highest BCUT2D eigenvalue weighted by Gasteiger charge is 2.35. The predicted octanol–water partition coefficient (Wildman–Crippen LogP) is 5.40. The number of methoxy groups -OCH3 is 1. The topological polar surface area (TPSA) is 58.6 Å². The molecular weight excluding hydrogens is 396 g/mol. The maximum Gasteiger partial charge on any atom is 0.350 e. The molecule has 1 fully saturated rings. The van der Waals surface area contributed by atoms with Crippen molar-refractivity contribution >= 4 is 34.5 Å². The summed E-state index contributed by atoms with van der Waals surface area (Å²) in [5.41, 5.74) is 2.07. The Morgan fingerprint density at radius 3 is 2.63 bits per heavy atom. The van der Waals surface area contributed by atoms with Gasteiger partial charge in [-0.1, -0.05) is 26.3 Å². The van der Waals surface area contributed by atoms with E-state index in [2.05, 4.69) is 31.3 Å². The molecular formula is C24H36N2O3S. The molecule has 30 heavy (non-hydrogen) atoms. The molecule has 0 saturated carbocycles. The van der Waals surface area contributed by atoms with Gasteiger partial charge in [0, 0.05) is 16.8 Å². The quantitative estimate of drug-likeness (QED) is 0.559. The largest absolute Gasteiger partial charge is 0.465 e. The van der Waals surface area contributed by atoms with E-state index in [-0.39, 0.29) is 23.8 Å². The molecule has 166 valence electrons. The zero-order chi connectivity index (χ0) is 21.5. The summed E-state index contributed by atoms with van der Waals surface area (Å²) >= 11 is 1.49. The third-order valence-electron chi connectivity index (χ3n) is 6.34. The lowest BCUT2D eigenvalue weighted by Crippen LogP contribution is -2.48. The zero-order valence-corrected chi connectivity index (χ0v) is 19.5. The molecule has 1 unspecified atom stereocenters. The number of hydrogen-bond donors (Lipinski definition) is 1. The van der Waals surface area contributed by atoms with Crippen molar-refractivity contribution in [1.29, 1.82) is 0 Å². The summed E-state index contributed by atoms with van der Waals surface area (Å²) in [6, 6.07) is 2.21. The van der Waals surface area contributed by atoms with Crippen LogP contribution in [0.15, 0.2) is 12.1 Å². The van der Waals surface area contributed by atoms with E-state index in [9.17, 15) is 9.59 Å². The average molecular weight is 433 g/mol. The second-order valence-corrected chi connectivity index (χ2v) is 9.43. The molecule has 6 heteroatoms. The number of nitrogens with zero attached hydrogens (tertiary/aromatic N) is 1. The van der Waals surface area contributed by atoms with Gasteiger partial charge in [-0.2, -0.15) is 0 Å². The maximum atomic E-state index is 13.8. The molecule has 5 nitrogen and oxygen atoms in total. The first kappa shape index (κ1) is 23.0. The minimum absolute atomic E-state index is 0.00683. The summed E-state index contributed by atoms with van der Waals surface area (Å²) in [6.45, 7) is 6.01. The number of nitrogens with one attached hydrogen (secondary N) is 1. The predicted molar refractivity (Wildman–Crippen MR) is 124 cm³/mol. The van der Waals surface area contributed by atoms with Crippen LogP contribution in [0.4, 0.5) is 5.69 Å². The average Bonchev–Trinajstić information content (AvgIpc) is 3.23. The standard InChI is InChI=1S/C24H36N2O3S/c1-4-9-17(5-2)23(27)26(19-12-14-25-15-13-19)20-16-21(18-10-7-6-8-11-18)30-22(20)24(28)29-3/h10,16-17,19,25H,4-9,11-15H2,1-3H3. The van der Waals surface area contributed by atoms with Gasteiger partial charge in [0.2, 0.25) is 5.91 Å². The number of hydrogen-bond acceptors (Lipinski definition) is 5. The normalized spacial score (nSPS) is 18.6. The SMILES string of the molecule is CCCC(CC)C(=O)N(c1cc(C2=CCCCC2)sc1C(=O)OC)C1CCNCC1. The molecule has 1 saturated heterocycles. The number of esters is 1. The minimum Gasteiger partial charge on any atom is -0.465 e. The Morgan fingerprint density at radius 2 is 2.03 bits per heavy atom. The number of amides is 1. The molecule has 0 spiro atoms. The van der Waals surface area contributed by atoms with Gasteiger partial charge in [0.05, 0.1) is 12.8 Å². The monoisotopic (exact) mass is 432 g/mol. The summed E-state index contributed by atoms with van der Waals surface area (Å²) in [5.74, 6) is -0.182. The molecule has 1 amide bonds. The highest BCUT2D eigenvalue weighted by Crippen LogP contribution is 2.40. The van der Waals surface area contributed by atoms with Crippen molar-refractivity contribution in [1.82, 2.24) is 5.32 Å². The van der Waals surface area contributed by atoms with Gasteiger partial charge in [0.25, 0.3) is 0 Å². The lowest BCUT2D eigenvalue weighted by atomic mass is 9.95. The van der Waals surface area contributed by atoms with Crippen molar-refractivity contribution in [3.8, 4) is 0 Å². The van der Waals surface area contributed by atoms with E-state index in [0.29, 0.717) is 4.88 Å². The summed E-state index contributed by atoms with van der Waals surface area (Å²) in [6.07, 6.45) is 11.3. The molecule has 1 atom stereocenters. The van der Waals surface area contributed by atoms with Gasteiger partial charge in [0.15, 0.2) is 0 Å². The zero-order valence-electron chi connectivity index (χ0n) is 18.7. The van der Waals surface area contributed by atoms with Crippen LogP contribution >= 0.6 is 11.3 Å². The van der Waals surface area contributed by atoms with Gasteiger partial charge in [0.1, 0.15) is 4.88 Å². The third-order valence-corrected chi connectivity index (χ3v) is 7.52. The van der Waals surface area contributed by atoms with Crippen LogP contribution in [-0.2, 0) is 9.53 Å². The highest BCUT2D eigenvalue weighted by atomic mass is 32.1. The van der Waals surface area contributed by atoms with Gasteiger partial charge >= 0.3 is 5.97 Å². The van der Waals surface area contributed by atoms with Crippen LogP contribution in [0.5, 0.6) is 0 Å². The number of allylic oxidation sites excluding steroid dienone is 2. The van der Waals surface area contributed by atoms with Gasteiger partial charge in [-0.3, -0.25) is 4.79 Å². The van der Waals surface area contributed by atoms with E-state index in [1.807, 2.05) is 4.90 Å². The first-order chi connectivity index (χ1) is 14.6. The Labute approximate surface area is 184 Å². The summed E-state index contributed by atoms with van der Waals surface area (Å²) in [7, 11) is 1.42. The van der Waals surface area contributed by atoms with Crippen molar-refractivity contribution in [3.63, 3.8) is 0 Å². The molecule has 0 aromatic carbocycles. The molecule has 0 bridgehead atoms. The number of carbonyl (C=O) groups excluding carboxylic acids is 2. The molecule has 1 N–H and O–H groups in total. The maximum absolute atomic E-state index is 13.8. The first-order valence-corrected chi connectivity index (χ1v) is 12.4. The van der Waals surface area contributed by atoms with E-state index in [0.717, 1.165) is 68.6 Å². The van der Waals surface area contributed by atoms with Gasteiger partial charge in [-0.25, -0.2) is 4.79 Å². The van der Waals surface area contributed by atoms with Crippen LogP contribution in [0, 0.1) is 5.92 Å². The molecule has 1 aliphatic heterocycles. The number of anilines is 1. The van der Waals surface area contributed by atoms with E-state index < -0.39 is 0 Å². The van der Waals surface area contributed by atoms with E-state index >= 15 is 0 Å². The van der Waals surface area contributed by atoms with Crippen molar-refractivity contribution in [3.05, 3.63) is 21.9 Å². The van der Waals surface area contributed by atoms with Crippen molar-refractivity contribution < 1.29 is 14.3 Å². The summed E-state index contributed by atoms with van der Waals surface area (Å²) in [5, 5.41) is 3.40. The van der Waals surface area contributed by atoms with E-state index in [4.69, 9.17) is 4.74 Å². The second-order valence-electron chi connectivity index (χ2n) is 8.38. The Morgan fingerprint density at radius 1 is 1.27 bits per heavy atom. The summed E-state index contributed by atoms with van der Waals surface area (Å²) < 4.78 is 5.13. The van der Waals surface area contributed by atoms with Crippen LogP contribution in [-0.4, -0.2) is 38.1 Å². The minimum atomic E-state index is -0.340. The molecule has 2 aliphatic rings. The molecule has 1 aromatic heterocycles. The molecule has 2 heterocycles. The number of ether oxygens (including phenoxy) is 1. The van der Waals surface area contributed by atoms with Gasteiger partial charge < -0.3 is 15.0 Å². The Kier molecular flexibility index (Phi) is 8.51. The Bertz CT molecular complexity index is 765. The van der Waals surface area contributed by atoms with Crippen molar-refractivity contribution in [2.75, 3.05) is 25.1 Å². The van der Waals surface area contributed by atoms with Crippen LogP contribution in [0.1, 0.15) is 86.2 Å². The number of rotatable bonds is 8. The van der Waals surface area contributed by atoms with E-state index in [1.54, 1.807) is 0 Å². The third kappa shape index (κ3) is 5.14. The number of thiophene rings is 1. The number of piperidine rings is 1. The second kappa shape index (κ2) is 11.1. The Hall–Kier alpha value is -1.66. The molecule has 0 radical (unpaired) electrons. The van der Waals surface area contributed by atoms with Crippen LogP contribution in [0.3, 0.4) is 0 Å². The highest BCUT2D eigenvalue weighted by molar-refractivity contribution is 7.15. The molecule has 1 aromatic rings. The number of carbonyl (C=O) groups is 2. The fourth-order valence-corrected chi connectivity index (χ4v) is 5.76. The fraction of sp³-hybridized carbons (Fsp3) is 0.667. The lowest BCUT2D eigenvalue weighted by Gasteiger charge is -2.36. The smallest absolute Gasteiger partial charge is 0.350 e. The molecule has 3 rings (SSSR count). The lowest BCUT2D eigenvalue weighted by molar-refractivity contribution is -0.123. The molecule has 1 aliphatic carbocycles. The Balaban J connectivity index is 2.06. The van der Waals surface area contributed by atoms with E-state index in [1.165, 1.54) is 36.9 Å². The summed E-state index contributed by atoms with van der Waals surface area (Å²) in [4.78, 5) is 30.1. The van der Waals surface area contributed by atoms with Crippen molar-refractivity contribution in [2.45, 2.75) is 77.7 Å². The van der Waals surface area contributed by atoms with Gasteiger partial charge in [-0.15, -0.1) is 11.3 Å². The first-order valence-electron chi connectivity index (χ1n) is 11.6.